The van der Waals surface area contributed by atoms with Crippen molar-refractivity contribution in [2.24, 2.45) is 0 Å². The zero-order valence-corrected chi connectivity index (χ0v) is 8.63. The summed E-state index contributed by atoms with van der Waals surface area (Å²) in [5.74, 6) is -0.263. The maximum atomic E-state index is 13.0. The van der Waals surface area contributed by atoms with E-state index in [2.05, 4.69) is 0 Å². The lowest BCUT2D eigenvalue weighted by Gasteiger charge is -2.04. The van der Waals surface area contributed by atoms with Gasteiger partial charge in [0.1, 0.15) is 5.82 Å². The van der Waals surface area contributed by atoms with Crippen LogP contribution in [0.15, 0.2) is 42.5 Å². The summed E-state index contributed by atoms with van der Waals surface area (Å²) in [5.41, 5.74) is 7.76. The summed E-state index contributed by atoms with van der Waals surface area (Å²) in [6.45, 7) is 0. The lowest BCUT2D eigenvalue weighted by Crippen LogP contribution is -1.86. The lowest BCUT2D eigenvalue weighted by molar-refractivity contribution is 0.628. The fourth-order valence-corrected chi connectivity index (χ4v) is 1.56. The number of nitrogen functional groups attached to an aromatic ring is 1. The molecule has 0 aliphatic heterocycles. The van der Waals surface area contributed by atoms with Crippen LogP contribution in [0.4, 0.5) is 10.1 Å². The van der Waals surface area contributed by atoms with Gasteiger partial charge in [-0.3, -0.25) is 0 Å². The fourth-order valence-electron chi connectivity index (χ4n) is 1.37. The van der Waals surface area contributed by atoms with Crippen LogP contribution < -0.4 is 5.73 Å². The van der Waals surface area contributed by atoms with Crippen molar-refractivity contribution in [2.45, 2.75) is 0 Å². The van der Waals surface area contributed by atoms with Gasteiger partial charge < -0.3 is 5.73 Å². The van der Waals surface area contributed by atoms with E-state index in [1.807, 2.05) is 12.1 Å². The molecule has 0 saturated carbocycles. The van der Waals surface area contributed by atoms with E-state index in [0.29, 0.717) is 10.7 Å². The van der Waals surface area contributed by atoms with Gasteiger partial charge in [-0.2, -0.15) is 0 Å². The Morgan fingerprint density at radius 2 is 1.73 bits per heavy atom. The van der Waals surface area contributed by atoms with Crippen LogP contribution in [-0.4, -0.2) is 0 Å². The molecule has 0 aliphatic carbocycles. The maximum Gasteiger partial charge on any atom is 0.123 e. The number of benzene rings is 2. The third kappa shape index (κ3) is 2.10. The van der Waals surface area contributed by atoms with Gasteiger partial charge in [0.15, 0.2) is 0 Å². The first-order valence-corrected chi connectivity index (χ1v) is 4.85. The highest BCUT2D eigenvalue weighted by molar-refractivity contribution is 6.33. The minimum atomic E-state index is -0.263. The van der Waals surface area contributed by atoms with E-state index in [1.165, 1.54) is 12.1 Å². The maximum absolute atomic E-state index is 13.0. The van der Waals surface area contributed by atoms with Crippen molar-refractivity contribution in [1.82, 2.24) is 0 Å². The van der Waals surface area contributed by atoms with Gasteiger partial charge in [0.25, 0.3) is 0 Å². The van der Waals surface area contributed by atoms with Crippen LogP contribution in [0.5, 0.6) is 0 Å². The second-order valence-corrected chi connectivity index (χ2v) is 3.65. The Labute approximate surface area is 92.3 Å². The Balaban J connectivity index is 2.50. The fraction of sp³-hybridized carbons (Fsp3) is 0. The summed E-state index contributed by atoms with van der Waals surface area (Å²) < 4.78 is 13.0. The molecule has 0 bridgehead atoms. The first-order valence-electron chi connectivity index (χ1n) is 4.48. The molecule has 2 N–H and O–H groups in total. The van der Waals surface area contributed by atoms with Crippen LogP contribution in [0.2, 0.25) is 5.02 Å². The predicted octanol–water partition coefficient (Wildman–Crippen LogP) is 3.73. The minimum absolute atomic E-state index is 0.263. The zero-order chi connectivity index (χ0) is 10.8. The Bertz CT molecular complexity index is 497. The smallest absolute Gasteiger partial charge is 0.123 e. The van der Waals surface area contributed by atoms with Crippen molar-refractivity contribution in [3.05, 3.63) is 53.3 Å². The Hall–Kier alpha value is -1.54. The van der Waals surface area contributed by atoms with Crippen LogP contribution in [0, 0.1) is 5.82 Å². The van der Waals surface area contributed by atoms with Crippen LogP contribution in [-0.2, 0) is 0 Å². The second-order valence-electron chi connectivity index (χ2n) is 3.25. The van der Waals surface area contributed by atoms with E-state index in [4.69, 9.17) is 17.3 Å². The van der Waals surface area contributed by atoms with Gasteiger partial charge in [-0.05, 0) is 35.4 Å². The predicted molar refractivity (Wildman–Crippen MR) is 61.3 cm³/mol. The van der Waals surface area contributed by atoms with Gasteiger partial charge in [0, 0.05) is 0 Å². The molecule has 2 aromatic carbocycles. The van der Waals surface area contributed by atoms with Crippen LogP contribution >= 0.6 is 11.6 Å². The zero-order valence-electron chi connectivity index (χ0n) is 7.87. The molecule has 76 valence electrons. The molecule has 0 saturated heterocycles. The molecular formula is C12H9ClFN. The van der Waals surface area contributed by atoms with Crippen molar-refractivity contribution in [1.29, 1.82) is 0 Å². The van der Waals surface area contributed by atoms with Gasteiger partial charge >= 0.3 is 0 Å². The van der Waals surface area contributed by atoms with Crippen LogP contribution in [0.25, 0.3) is 11.1 Å². The van der Waals surface area contributed by atoms with E-state index >= 15 is 0 Å². The molecule has 2 rings (SSSR count). The number of nitrogens with two attached hydrogens (primary N) is 1. The number of halogens is 2. The van der Waals surface area contributed by atoms with Crippen LogP contribution in [0.3, 0.4) is 0 Å². The third-order valence-electron chi connectivity index (χ3n) is 2.16. The van der Waals surface area contributed by atoms with E-state index < -0.39 is 0 Å². The summed E-state index contributed by atoms with van der Waals surface area (Å²) in [6, 6.07) is 11.6. The quantitative estimate of drug-likeness (QED) is 0.730. The van der Waals surface area contributed by atoms with Crippen molar-refractivity contribution < 1.29 is 4.39 Å². The number of hydrogen-bond donors (Lipinski definition) is 1. The summed E-state index contributed by atoms with van der Waals surface area (Å²) in [5, 5.41) is 0.483. The van der Waals surface area contributed by atoms with E-state index in [-0.39, 0.29) is 5.82 Å². The van der Waals surface area contributed by atoms with E-state index in [0.717, 1.165) is 11.1 Å². The number of anilines is 1. The molecule has 0 amide bonds. The van der Waals surface area contributed by atoms with E-state index in [9.17, 15) is 4.39 Å². The van der Waals surface area contributed by atoms with Gasteiger partial charge in [-0.15, -0.1) is 0 Å². The SMILES string of the molecule is Nc1ccc(-c2cccc(F)c2)cc1Cl. The molecule has 0 radical (unpaired) electrons. The van der Waals surface area contributed by atoms with Gasteiger partial charge in [-0.25, -0.2) is 4.39 Å². The highest BCUT2D eigenvalue weighted by Gasteiger charge is 2.01. The molecule has 0 aromatic heterocycles. The molecule has 0 heterocycles. The standard InChI is InChI=1S/C12H9ClFN/c13-11-7-9(4-5-12(11)15)8-2-1-3-10(14)6-8/h1-7H,15H2. The summed E-state index contributed by atoms with van der Waals surface area (Å²) in [7, 11) is 0. The van der Waals surface area contributed by atoms with Crippen molar-refractivity contribution in [3.8, 4) is 11.1 Å². The Morgan fingerprint density at radius 1 is 1.00 bits per heavy atom. The van der Waals surface area contributed by atoms with Gasteiger partial charge in [0.05, 0.1) is 10.7 Å². The Morgan fingerprint density at radius 3 is 2.40 bits per heavy atom. The monoisotopic (exact) mass is 221 g/mol. The summed E-state index contributed by atoms with van der Waals surface area (Å²) in [4.78, 5) is 0. The molecule has 0 spiro atoms. The molecule has 3 heteroatoms. The highest BCUT2D eigenvalue weighted by Crippen LogP contribution is 2.27. The lowest BCUT2D eigenvalue weighted by atomic mass is 10.1. The molecule has 0 aliphatic rings. The molecule has 1 nitrogen and oxygen atoms in total. The van der Waals surface area contributed by atoms with Gasteiger partial charge in [-0.1, -0.05) is 29.8 Å². The topological polar surface area (TPSA) is 26.0 Å². The summed E-state index contributed by atoms with van der Waals surface area (Å²) >= 11 is 5.88. The van der Waals surface area contributed by atoms with Crippen molar-refractivity contribution in [2.75, 3.05) is 5.73 Å². The first kappa shape index (κ1) is 9.99. The molecule has 0 unspecified atom stereocenters. The number of rotatable bonds is 1. The molecule has 2 aromatic rings. The minimum Gasteiger partial charge on any atom is -0.398 e. The number of hydrogen-bond acceptors (Lipinski definition) is 1. The third-order valence-corrected chi connectivity index (χ3v) is 2.49. The second kappa shape index (κ2) is 3.91. The normalized spacial score (nSPS) is 10.3. The Kier molecular flexibility index (Phi) is 2.60. The average molecular weight is 222 g/mol. The first-order chi connectivity index (χ1) is 7.16. The molecule has 0 fully saturated rings. The average Bonchev–Trinajstić information content (AvgIpc) is 2.22. The summed E-state index contributed by atoms with van der Waals surface area (Å²) in [6.07, 6.45) is 0. The van der Waals surface area contributed by atoms with Gasteiger partial charge in [0.2, 0.25) is 0 Å². The van der Waals surface area contributed by atoms with Crippen molar-refractivity contribution >= 4 is 17.3 Å². The molecule has 0 atom stereocenters. The molecule has 15 heavy (non-hydrogen) atoms. The van der Waals surface area contributed by atoms with E-state index in [1.54, 1.807) is 18.2 Å². The largest absolute Gasteiger partial charge is 0.398 e. The van der Waals surface area contributed by atoms with Crippen LogP contribution in [0.1, 0.15) is 0 Å². The highest BCUT2D eigenvalue weighted by atomic mass is 35.5. The van der Waals surface area contributed by atoms with Crippen molar-refractivity contribution in [3.63, 3.8) is 0 Å². The molecular weight excluding hydrogens is 213 g/mol.